The molecule has 12 heteroatoms. The van der Waals surface area contributed by atoms with Crippen LogP contribution in [0.5, 0.6) is 0 Å². The standard InChI is InChI=1S/C40H60N4O8/c1-11-12-14-21-30-27(8)35(45)41-32(24(2)3)38(48)43(10)34(26(6)7)40(50)52-31(23-28-18-15-13-16-19-28)37(47)44-22-17-20-29(44)36(46)42(9)33(25(4)5)39(49)51-30/h11,13,15-16,18-19,24-27,29-34H,1,12,14,17,20-23H2,2-10H3,(H,41,45)/t27?,29-,30?,31+,32-,33-,34-/m0/s1. The minimum atomic E-state index is -1.29. The summed E-state index contributed by atoms with van der Waals surface area (Å²) in [7, 11) is 3.02. The van der Waals surface area contributed by atoms with Crippen LogP contribution < -0.4 is 5.32 Å². The molecule has 0 saturated carbocycles. The molecule has 1 aromatic rings. The summed E-state index contributed by atoms with van der Waals surface area (Å²) >= 11 is 0. The van der Waals surface area contributed by atoms with Crippen molar-refractivity contribution in [2.75, 3.05) is 20.6 Å². The fraction of sp³-hybridized carbons (Fsp3) is 0.650. The van der Waals surface area contributed by atoms with E-state index in [1.807, 2.05) is 44.2 Å². The van der Waals surface area contributed by atoms with Crippen LogP contribution in [0.1, 0.15) is 86.1 Å². The number of carbonyl (C=O) groups excluding carboxylic acids is 6. The monoisotopic (exact) mass is 724 g/mol. The molecule has 0 spiro atoms. The van der Waals surface area contributed by atoms with Gasteiger partial charge in [-0.25, -0.2) is 9.59 Å². The van der Waals surface area contributed by atoms with Crippen molar-refractivity contribution in [1.29, 1.82) is 0 Å². The number of cyclic esters (lactones) is 2. The van der Waals surface area contributed by atoms with Crippen molar-refractivity contribution in [1.82, 2.24) is 20.0 Å². The van der Waals surface area contributed by atoms with Crippen molar-refractivity contribution >= 4 is 35.6 Å². The van der Waals surface area contributed by atoms with Crippen molar-refractivity contribution in [3.05, 3.63) is 48.6 Å². The van der Waals surface area contributed by atoms with Crippen LogP contribution in [0.15, 0.2) is 43.0 Å². The Bertz CT molecular complexity index is 1430. The van der Waals surface area contributed by atoms with Crippen molar-refractivity contribution in [2.45, 2.75) is 123 Å². The summed E-state index contributed by atoms with van der Waals surface area (Å²) in [5.74, 6) is -5.35. The molecular formula is C40H60N4O8. The number of amides is 4. The summed E-state index contributed by atoms with van der Waals surface area (Å²) < 4.78 is 12.1. The van der Waals surface area contributed by atoms with Crippen molar-refractivity contribution in [2.24, 2.45) is 23.7 Å². The number of hydrogen-bond donors (Lipinski definition) is 1. The zero-order valence-corrected chi connectivity index (χ0v) is 32.5. The fourth-order valence-electron chi connectivity index (χ4n) is 7.23. The van der Waals surface area contributed by atoms with Crippen LogP contribution in [0.25, 0.3) is 0 Å². The van der Waals surface area contributed by atoms with E-state index in [-0.39, 0.29) is 24.8 Å². The van der Waals surface area contributed by atoms with E-state index in [9.17, 15) is 28.8 Å². The fourth-order valence-corrected chi connectivity index (χ4v) is 7.23. The summed E-state index contributed by atoms with van der Waals surface area (Å²) in [6.07, 6.45) is 2.14. The van der Waals surface area contributed by atoms with Gasteiger partial charge in [0.2, 0.25) is 17.7 Å². The molecule has 2 aliphatic heterocycles. The predicted molar refractivity (Wildman–Crippen MR) is 197 cm³/mol. The van der Waals surface area contributed by atoms with Crippen molar-refractivity contribution in [3.63, 3.8) is 0 Å². The predicted octanol–water partition coefficient (Wildman–Crippen LogP) is 4.16. The molecule has 0 bridgehead atoms. The van der Waals surface area contributed by atoms with Gasteiger partial charge in [0.05, 0.1) is 5.92 Å². The van der Waals surface area contributed by atoms with Crippen LogP contribution in [0.2, 0.25) is 0 Å². The topological polar surface area (TPSA) is 143 Å². The molecule has 2 aliphatic rings. The van der Waals surface area contributed by atoms with E-state index in [1.165, 1.54) is 28.8 Å². The van der Waals surface area contributed by atoms with Crippen LogP contribution in [0.4, 0.5) is 0 Å². The second-order valence-electron chi connectivity index (χ2n) is 15.3. The minimum Gasteiger partial charge on any atom is -0.460 e. The molecular weight excluding hydrogens is 664 g/mol. The van der Waals surface area contributed by atoms with E-state index in [2.05, 4.69) is 11.9 Å². The molecule has 3 rings (SSSR count). The van der Waals surface area contributed by atoms with Crippen LogP contribution in [-0.4, -0.2) is 107 Å². The number of carbonyl (C=O) groups is 6. The highest BCUT2D eigenvalue weighted by Crippen LogP contribution is 2.27. The maximum atomic E-state index is 14.4. The van der Waals surface area contributed by atoms with Crippen molar-refractivity contribution < 1.29 is 38.2 Å². The molecule has 52 heavy (non-hydrogen) atoms. The number of allylic oxidation sites excluding steroid dienone is 1. The van der Waals surface area contributed by atoms with Crippen LogP contribution >= 0.6 is 0 Å². The van der Waals surface area contributed by atoms with E-state index in [0.29, 0.717) is 32.1 Å². The third-order valence-electron chi connectivity index (χ3n) is 10.3. The van der Waals surface area contributed by atoms with Gasteiger partial charge in [-0.2, -0.15) is 0 Å². The molecule has 7 atom stereocenters. The van der Waals surface area contributed by atoms with E-state index < -0.39 is 83.8 Å². The Kier molecular flexibility index (Phi) is 15.4. The lowest BCUT2D eigenvalue weighted by molar-refractivity contribution is -0.169. The summed E-state index contributed by atoms with van der Waals surface area (Å²) in [6, 6.07) is 5.14. The first-order valence-corrected chi connectivity index (χ1v) is 18.7. The highest BCUT2D eigenvalue weighted by molar-refractivity contribution is 5.95. The number of nitrogens with zero attached hydrogens (tertiary/aromatic N) is 3. The molecule has 2 fully saturated rings. The number of hydrogen-bond acceptors (Lipinski definition) is 8. The number of unbranched alkanes of at least 4 members (excludes halogenated alkanes) is 1. The third kappa shape index (κ3) is 10.2. The molecule has 0 radical (unpaired) electrons. The molecule has 2 unspecified atom stereocenters. The maximum absolute atomic E-state index is 14.4. The molecule has 1 aromatic carbocycles. The van der Waals surface area contributed by atoms with Gasteiger partial charge in [-0.05, 0) is 55.4 Å². The quantitative estimate of drug-likeness (QED) is 0.228. The van der Waals surface area contributed by atoms with E-state index in [1.54, 1.807) is 40.7 Å². The molecule has 4 amide bonds. The average Bonchev–Trinajstić information content (AvgIpc) is 3.58. The Labute approximate surface area is 309 Å². The Hall–Kier alpha value is -4.22. The summed E-state index contributed by atoms with van der Waals surface area (Å²) in [5.41, 5.74) is 0.749. The second kappa shape index (κ2) is 19.0. The summed E-state index contributed by atoms with van der Waals surface area (Å²) in [4.78, 5) is 88.8. The normalized spacial score (nSPS) is 27.6. The number of fused-ring (bicyclic) bond motifs is 1. The summed E-state index contributed by atoms with van der Waals surface area (Å²) in [5, 5.41) is 2.88. The minimum absolute atomic E-state index is 0.0535. The van der Waals surface area contributed by atoms with Gasteiger partial charge in [0, 0.05) is 27.1 Å². The Morgan fingerprint density at radius 3 is 1.96 bits per heavy atom. The molecule has 288 valence electrons. The molecule has 0 aromatic heterocycles. The van der Waals surface area contributed by atoms with Crippen LogP contribution in [0, 0.1) is 23.7 Å². The van der Waals surface area contributed by atoms with Gasteiger partial charge in [-0.15, -0.1) is 6.58 Å². The first kappa shape index (κ1) is 42.2. The smallest absolute Gasteiger partial charge is 0.329 e. The number of rotatable bonds is 9. The number of likely N-dealkylation sites (N-methyl/N-ethyl adjacent to an activating group) is 2. The SMILES string of the molecule is C=CCCCC1OC(=O)[C@H](C(C)C)N(C)C(=O)[C@@H]2CCCN2C(=O)[C@@H](Cc2ccccc2)OC(=O)[C@H](C(C)C)N(C)C(=O)[C@H](C(C)C)NC(=O)C1C. The van der Waals surface area contributed by atoms with E-state index in [0.717, 1.165) is 5.56 Å². The second-order valence-corrected chi connectivity index (χ2v) is 15.3. The van der Waals surface area contributed by atoms with Gasteiger partial charge >= 0.3 is 11.9 Å². The lowest BCUT2D eigenvalue weighted by Crippen LogP contribution is -2.57. The lowest BCUT2D eigenvalue weighted by Gasteiger charge is -2.36. The van der Waals surface area contributed by atoms with Gasteiger partial charge in [0.25, 0.3) is 5.91 Å². The van der Waals surface area contributed by atoms with Gasteiger partial charge in [0.1, 0.15) is 30.3 Å². The Balaban J connectivity index is 2.16. The lowest BCUT2D eigenvalue weighted by atomic mass is 9.95. The summed E-state index contributed by atoms with van der Waals surface area (Å²) in [6.45, 7) is 16.5. The number of esters is 2. The number of nitrogens with one attached hydrogen (secondary N) is 1. The number of ether oxygens (including phenoxy) is 2. The molecule has 1 N–H and O–H groups in total. The van der Waals surface area contributed by atoms with Gasteiger partial charge in [-0.3, -0.25) is 19.2 Å². The molecule has 12 nitrogen and oxygen atoms in total. The highest BCUT2D eigenvalue weighted by Gasteiger charge is 2.45. The van der Waals surface area contributed by atoms with Crippen LogP contribution in [0.3, 0.4) is 0 Å². The number of benzene rings is 1. The zero-order chi connectivity index (χ0) is 38.9. The molecule has 2 heterocycles. The van der Waals surface area contributed by atoms with E-state index >= 15 is 0 Å². The largest absolute Gasteiger partial charge is 0.460 e. The van der Waals surface area contributed by atoms with Gasteiger partial charge in [0.15, 0.2) is 6.10 Å². The highest BCUT2D eigenvalue weighted by atomic mass is 16.6. The van der Waals surface area contributed by atoms with E-state index in [4.69, 9.17) is 9.47 Å². The van der Waals surface area contributed by atoms with Crippen molar-refractivity contribution in [3.8, 4) is 0 Å². The first-order chi connectivity index (χ1) is 24.5. The third-order valence-corrected chi connectivity index (χ3v) is 10.3. The van der Waals surface area contributed by atoms with Gasteiger partial charge in [-0.1, -0.05) is 84.9 Å². The molecule has 2 saturated heterocycles. The van der Waals surface area contributed by atoms with Crippen LogP contribution in [-0.2, 0) is 44.7 Å². The Morgan fingerprint density at radius 1 is 0.827 bits per heavy atom. The molecule has 0 aliphatic carbocycles. The Morgan fingerprint density at radius 2 is 1.40 bits per heavy atom. The maximum Gasteiger partial charge on any atom is 0.329 e. The van der Waals surface area contributed by atoms with Gasteiger partial charge < -0.3 is 29.5 Å². The zero-order valence-electron chi connectivity index (χ0n) is 32.5. The first-order valence-electron chi connectivity index (χ1n) is 18.7. The average molecular weight is 725 g/mol.